The molecule has 0 aromatic heterocycles. The van der Waals surface area contributed by atoms with Crippen LogP contribution in [0.5, 0.6) is 0 Å². The molecule has 0 atom stereocenters. The largest absolute Gasteiger partial charge is 0 e. The van der Waals surface area contributed by atoms with Crippen LogP contribution in [0, 0.1) is 6.08 Å². The maximum Gasteiger partial charge on any atom is 0 e. The van der Waals surface area contributed by atoms with Crippen LogP contribution in [0.2, 0.25) is 0 Å². The van der Waals surface area contributed by atoms with Gasteiger partial charge in [0.2, 0.25) is 0 Å². The molecule has 0 N–H and O–H groups in total. The molecule has 0 spiro atoms. The van der Waals surface area contributed by atoms with E-state index in [1.807, 2.05) is 13.0 Å². The molecule has 0 nitrogen and oxygen atoms in total. The second kappa shape index (κ2) is 11.5. The Hall–Kier alpha value is 1.67. The molecule has 0 saturated heterocycles. The molecule has 0 fully saturated rings. The normalized spacial score (nSPS) is 7.25. The minimum atomic E-state index is 0. The van der Waals surface area contributed by atoms with E-state index < -0.39 is 0 Å². The van der Waals surface area contributed by atoms with Gasteiger partial charge in [0.25, 0.3) is 0 Å². The Labute approximate surface area is 90.4 Å². The third kappa shape index (κ3) is 15.6. The van der Waals surface area contributed by atoms with Crippen LogP contribution in [-0.4, -0.2) is 3.90 Å². The van der Waals surface area contributed by atoms with Crippen LogP contribution in [0.1, 0.15) is 13.8 Å². The van der Waals surface area contributed by atoms with E-state index in [1.54, 1.807) is 0 Å². The van der Waals surface area contributed by atoms with Crippen LogP contribution in [0.4, 0.5) is 0 Å². The zero-order valence-corrected chi connectivity index (χ0v) is 13.6. The zero-order chi connectivity index (χ0) is 4.99. The molecule has 0 rings (SSSR count). The topological polar surface area (TPSA) is 0 Å². The van der Waals surface area contributed by atoms with E-state index in [9.17, 15) is 0 Å². The molecule has 0 aliphatic carbocycles. The third-order valence-corrected chi connectivity index (χ3v) is 0.771. The molecule has 8 heavy (non-hydrogen) atoms. The molecule has 0 saturated carbocycles. The first-order valence-electron chi connectivity index (χ1n) is 1.78. The maximum atomic E-state index is 2.93. The van der Waals surface area contributed by atoms with Gasteiger partial charge in [0.1, 0.15) is 0 Å². The zero-order valence-electron chi connectivity index (χ0n) is 4.80. The number of allylic oxidation sites excluding steroid dienone is 2. The van der Waals surface area contributed by atoms with Crippen molar-refractivity contribution in [2.24, 2.45) is 0 Å². The van der Waals surface area contributed by atoms with E-state index in [0.29, 0.717) is 0 Å². The fourth-order valence-corrected chi connectivity index (χ4v) is 0.627. The fourth-order valence-electron chi connectivity index (χ4n) is 0.203. The second-order valence-corrected chi connectivity index (χ2v) is 3.36. The first-order chi connectivity index (χ1) is 2.77. The van der Waals surface area contributed by atoms with E-state index in [2.05, 4.69) is 13.0 Å². The summed E-state index contributed by atoms with van der Waals surface area (Å²) < 4.78 is 1.39. The minimum Gasteiger partial charge on any atom is 0 e. The van der Waals surface area contributed by atoms with E-state index in [4.69, 9.17) is 0 Å². The summed E-state index contributed by atoms with van der Waals surface area (Å²) >= 11 is 1.53. The first kappa shape index (κ1) is 16.3. The van der Waals surface area contributed by atoms with Crippen molar-refractivity contribution >= 4 is 3.90 Å². The van der Waals surface area contributed by atoms with Gasteiger partial charge in [0.15, 0.2) is 0 Å². The van der Waals surface area contributed by atoms with Crippen LogP contribution in [0.25, 0.3) is 0 Å². The van der Waals surface area contributed by atoms with Gasteiger partial charge >= 0.3 is 49.3 Å². The second-order valence-electron chi connectivity index (χ2n) is 1.04. The summed E-state index contributed by atoms with van der Waals surface area (Å²) in [6.45, 7) is 4.00. The molecule has 0 aromatic carbocycles. The van der Waals surface area contributed by atoms with Crippen LogP contribution >= 0.6 is 0 Å². The Kier molecular flexibility index (Phi) is 23.4. The molecule has 3 heteroatoms. The molecule has 0 aromatic rings. The first-order valence-corrected chi connectivity index (χ1v) is 3.25. The van der Waals surface area contributed by atoms with Gasteiger partial charge in [-0.05, 0) is 0 Å². The van der Waals surface area contributed by atoms with E-state index in [-0.39, 0.29) is 42.1 Å². The minimum absolute atomic E-state index is 0. The molecule has 0 heterocycles. The maximum absolute atomic E-state index is 2.93. The van der Waals surface area contributed by atoms with Gasteiger partial charge in [-0.3, -0.25) is 0 Å². The smallest absolute Gasteiger partial charge is 0 e. The fraction of sp³-hybridized carbons (Fsp3) is 0.400. The SMILES string of the molecule is C[C-]=C[C](C)=[W].[W].[W]. The summed E-state index contributed by atoms with van der Waals surface area (Å²) in [5.74, 6) is 0. The summed E-state index contributed by atoms with van der Waals surface area (Å²) in [7, 11) is 0. The third-order valence-electron chi connectivity index (χ3n) is 0.348. The Balaban J connectivity index is -0.000000125. The summed E-state index contributed by atoms with van der Waals surface area (Å²) in [6.07, 6.45) is 4.92. The molecule has 0 unspecified atom stereocenters. The average Bonchev–Trinajstić information content (AvgIpc) is 1.35. The van der Waals surface area contributed by atoms with Crippen molar-refractivity contribution in [2.75, 3.05) is 0 Å². The van der Waals surface area contributed by atoms with Gasteiger partial charge < -0.3 is 0 Å². The van der Waals surface area contributed by atoms with Crippen molar-refractivity contribution in [2.45, 2.75) is 13.8 Å². The average molecular weight is 619 g/mol. The van der Waals surface area contributed by atoms with Crippen molar-refractivity contribution in [1.82, 2.24) is 0 Å². The molecular formula is C5H7W3-. The molecule has 0 aliphatic heterocycles. The van der Waals surface area contributed by atoms with Crippen molar-refractivity contribution < 1.29 is 61.5 Å². The molecule has 46 valence electrons. The van der Waals surface area contributed by atoms with E-state index in [1.165, 1.54) is 23.3 Å². The van der Waals surface area contributed by atoms with E-state index in [0.717, 1.165) is 0 Å². The summed E-state index contributed by atoms with van der Waals surface area (Å²) in [5, 5.41) is 0. The monoisotopic (exact) mass is 619 g/mol. The Bertz CT molecular complexity index is 75.7. The quantitative estimate of drug-likeness (QED) is 0.387. The molecule has 0 aliphatic rings. The molecule has 0 amide bonds. The van der Waals surface area contributed by atoms with Gasteiger partial charge in [0, 0.05) is 42.1 Å². The van der Waals surface area contributed by atoms with Crippen molar-refractivity contribution in [3.8, 4) is 0 Å². The van der Waals surface area contributed by atoms with Crippen molar-refractivity contribution in [3.63, 3.8) is 0 Å². The molecule has 0 bridgehead atoms. The predicted octanol–water partition coefficient (Wildman–Crippen LogP) is 1.10. The Morgan fingerprint density at radius 1 is 1.50 bits per heavy atom. The van der Waals surface area contributed by atoms with Crippen molar-refractivity contribution in [3.05, 3.63) is 12.2 Å². The summed E-state index contributed by atoms with van der Waals surface area (Å²) in [4.78, 5) is 0. The van der Waals surface area contributed by atoms with Gasteiger partial charge in [-0.15, -0.1) is 0 Å². The molecular weight excluding hydrogens is 612 g/mol. The van der Waals surface area contributed by atoms with E-state index >= 15 is 0 Å². The van der Waals surface area contributed by atoms with Gasteiger partial charge in [0.05, 0.1) is 0 Å². The standard InChI is InChI=1S/C5H7.3W/c1-3-5-4-2;;;/h5H,1-2H3;;;/q-1;;;. The van der Waals surface area contributed by atoms with Crippen molar-refractivity contribution in [1.29, 1.82) is 0 Å². The van der Waals surface area contributed by atoms with Crippen LogP contribution in [0.15, 0.2) is 6.08 Å². The van der Waals surface area contributed by atoms with Gasteiger partial charge in [-0.25, -0.2) is 0 Å². The number of hydrogen-bond donors (Lipinski definition) is 0. The summed E-state index contributed by atoms with van der Waals surface area (Å²) in [5.41, 5.74) is 0. The Morgan fingerprint density at radius 3 is 1.88 bits per heavy atom. The predicted molar refractivity (Wildman–Crippen MR) is 24.2 cm³/mol. The van der Waals surface area contributed by atoms with Crippen LogP contribution in [-0.2, 0) is 61.5 Å². The van der Waals surface area contributed by atoms with Crippen LogP contribution < -0.4 is 0 Å². The summed E-state index contributed by atoms with van der Waals surface area (Å²) in [6, 6.07) is 0. The van der Waals surface area contributed by atoms with Crippen LogP contribution in [0.3, 0.4) is 0 Å². The Morgan fingerprint density at radius 2 is 1.88 bits per heavy atom. The van der Waals surface area contributed by atoms with Gasteiger partial charge in [-0.1, -0.05) is 0 Å². The molecule has 0 radical (unpaired) electrons. The van der Waals surface area contributed by atoms with Gasteiger partial charge in [-0.2, -0.15) is 0 Å². The number of rotatable bonds is 1. The number of hydrogen-bond acceptors (Lipinski definition) is 0.